The van der Waals surface area contributed by atoms with Crippen LogP contribution in [-0.4, -0.2) is 33.8 Å². The molecule has 1 fully saturated rings. The van der Waals surface area contributed by atoms with E-state index in [1.54, 1.807) is 24.5 Å². The van der Waals surface area contributed by atoms with Gasteiger partial charge in [-0.1, -0.05) is 49.4 Å². The van der Waals surface area contributed by atoms with Crippen LogP contribution < -0.4 is 25.4 Å². The number of nitrogens with zero attached hydrogens (tertiary/aromatic N) is 3. The number of hydrogen-bond acceptors (Lipinski definition) is 9. The van der Waals surface area contributed by atoms with E-state index in [0.717, 1.165) is 22.9 Å². The molecular weight excluding hydrogens is 544 g/mol. The van der Waals surface area contributed by atoms with E-state index in [0.29, 0.717) is 33.7 Å². The number of benzene rings is 2. The number of ketones is 1. The molecule has 2 aromatic heterocycles. The van der Waals surface area contributed by atoms with Gasteiger partial charge in [0.15, 0.2) is 5.82 Å². The topological polar surface area (TPSA) is 127 Å². The molecule has 0 aliphatic heterocycles. The van der Waals surface area contributed by atoms with Gasteiger partial charge in [0.25, 0.3) is 0 Å². The second-order valence-electron chi connectivity index (χ2n) is 9.29. The minimum atomic E-state index is -0.413. The van der Waals surface area contributed by atoms with E-state index < -0.39 is 5.91 Å². The van der Waals surface area contributed by atoms with Crippen LogP contribution in [0.25, 0.3) is 0 Å². The molecule has 1 unspecified atom stereocenters. The Hall–Kier alpha value is -4.96. The number of hydrogen-bond donors (Lipinski definition) is 3. The van der Waals surface area contributed by atoms with Gasteiger partial charge in [0, 0.05) is 35.6 Å². The highest BCUT2D eigenvalue weighted by molar-refractivity contribution is 6.33. The first-order valence-corrected chi connectivity index (χ1v) is 13.1. The lowest BCUT2D eigenvalue weighted by atomic mass is 10.1. The Morgan fingerprint density at radius 3 is 2.59 bits per heavy atom. The maximum absolute atomic E-state index is 12.2. The highest BCUT2D eigenvalue weighted by Gasteiger charge is 2.47. The average Bonchev–Trinajstić information content (AvgIpc) is 3.59. The summed E-state index contributed by atoms with van der Waals surface area (Å²) in [5, 5.41) is 9.43. The van der Waals surface area contributed by atoms with Crippen molar-refractivity contribution in [3.63, 3.8) is 0 Å². The molecule has 1 amide bonds. The number of nitrogens with one attached hydrogen (secondary N) is 3. The van der Waals surface area contributed by atoms with Gasteiger partial charge in [-0.3, -0.25) is 14.6 Å². The Kier molecular flexibility index (Phi) is 8.11. The van der Waals surface area contributed by atoms with Crippen LogP contribution in [0.2, 0.25) is 5.02 Å². The van der Waals surface area contributed by atoms with Crippen molar-refractivity contribution in [2.45, 2.75) is 19.4 Å². The number of aromatic nitrogens is 3. The molecule has 41 heavy (non-hydrogen) atoms. The van der Waals surface area contributed by atoms with Gasteiger partial charge in [0.2, 0.25) is 11.9 Å². The van der Waals surface area contributed by atoms with Crippen LogP contribution in [0.15, 0.2) is 79.8 Å². The van der Waals surface area contributed by atoms with Crippen LogP contribution >= 0.6 is 11.6 Å². The molecule has 0 saturated heterocycles. The number of methoxy groups -OCH3 is 1. The highest BCUT2D eigenvalue weighted by atomic mass is 35.5. The molecule has 3 N–H and O–H groups in total. The molecule has 10 nitrogen and oxygen atoms in total. The molecule has 2 atom stereocenters. The molecule has 4 aromatic rings. The summed E-state index contributed by atoms with van der Waals surface area (Å²) in [5.41, 5.74) is 3.33. The number of ether oxygens (including phenoxy) is 2. The molecule has 0 spiro atoms. The van der Waals surface area contributed by atoms with Gasteiger partial charge in [-0.25, -0.2) is 4.98 Å². The average molecular weight is 571 g/mol. The van der Waals surface area contributed by atoms with Crippen molar-refractivity contribution in [1.82, 2.24) is 15.0 Å². The van der Waals surface area contributed by atoms with Crippen LogP contribution in [0, 0.1) is 5.92 Å². The first-order valence-electron chi connectivity index (χ1n) is 12.7. The second-order valence-corrected chi connectivity index (χ2v) is 9.70. The maximum Gasteiger partial charge on any atom is 0.247 e. The van der Waals surface area contributed by atoms with Crippen LogP contribution in [0.5, 0.6) is 11.5 Å². The summed E-state index contributed by atoms with van der Waals surface area (Å²) in [4.78, 5) is 37.3. The molecular formula is C30H27ClN6O4. The summed E-state index contributed by atoms with van der Waals surface area (Å²) in [7, 11) is 1.51. The Labute approximate surface area is 241 Å². The Bertz CT molecular complexity index is 1610. The van der Waals surface area contributed by atoms with Crippen LogP contribution in [0.3, 0.4) is 0 Å². The molecule has 0 radical (unpaired) electrons. The molecule has 2 aromatic carbocycles. The number of amides is 1. The number of para-hydroxylation sites is 1. The normalized spacial score (nSPS) is 15.5. The highest BCUT2D eigenvalue weighted by Crippen LogP contribution is 2.46. The summed E-state index contributed by atoms with van der Waals surface area (Å²) in [6, 6.07) is 14.6. The third kappa shape index (κ3) is 6.28. The Morgan fingerprint density at radius 1 is 1.07 bits per heavy atom. The van der Waals surface area contributed by atoms with Crippen molar-refractivity contribution in [3.05, 3.63) is 95.9 Å². The first kappa shape index (κ1) is 27.6. The van der Waals surface area contributed by atoms with Gasteiger partial charge < -0.3 is 25.4 Å². The lowest BCUT2D eigenvalue weighted by molar-refractivity contribution is -0.112. The summed E-state index contributed by atoms with van der Waals surface area (Å²) in [6.45, 7) is 5.67. The Balaban J connectivity index is 1.42. The number of rotatable bonds is 11. The lowest BCUT2D eigenvalue weighted by Gasteiger charge is -2.18. The standard InChI is InChI=1S/C30H27ClN6O4/c1-4-26(38)34-23-12-22(24(40-3)13-25(23)41-16-18-8-7-11-32-14-18)36-30-33-15-20(31)29(37-30)35-21-10-6-5-9-19(21)27-17(2)28(27)39/h4-15,17,27H,1,16H2,2-3H3,(H,34,38)(H2,33,35,36,37)/t17?,27-/m1/s1. The summed E-state index contributed by atoms with van der Waals surface area (Å²) in [5.74, 6) is 0.994. The van der Waals surface area contributed by atoms with Crippen molar-refractivity contribution >= 4 is 52.1 Å². The fourth-order valence-electron chi connectivity index (χ4n) is 4.30. The number of Topliss-reactive ketones (excluding diaryl/α,β-unsaturated/α-hetero) is 1. The van der Waals surface area contributed by atoms with Gasteiger partial charge in [-0.15, -0.1) is 0 Å². The quantitative estimate of drug-likeness (QED) is 0.185. The van der Waals surface area contributed by atoms with Gasteiger partial charge in [0.05, 0.1) is 30.6 Å². The molecule has 1 saturated carbocycles. The van der Waals surface area contributed by atoms with Crippen LogP contribution in [-0.2, 0) is 16.2 Å². The van der Waals surface area contributed by atoms with Gasteiger partial charge in [-0.2, -0.15) is 4.98 Å². The zero-order valence-electron chi connectivity index (χ0n) is 22.3. The third-order valence-electron chi connectivity index (χ3n) is 6.55. The second kappa shape index (κ2) is 12.1. The predicted molar refractivity (Wildman–Crippen MR) is 157 cm³/mol. The summed E-state index contributed by atoms with van der Waals surface area (Å²) < 4.78 is 11.6. The van der Waals surface area contributed by atoms with E-state index in [1.165, 1.54) is 13.3 Å². The number of halogens is 1. The molecule has 0 bridgehead atoms. The minimum absolute atomic E-state index is 0.0180. The molecule has 11 heteroatoms. The zero-order valence-corrected chi connectivity index (χ0v) is 23.1. The molecule has 1 aliphatic rings. The van der Waals surface area contributed by atoms with E-state index in [2.05, 4.69) is 37.5 Å². The van der Waals surface area contributed by atoms with Gasteiger partial charge in [-0.05, 0) is 29.8 Å². The largest absolute Gasteiger partial charge is 0.494 e. The van der Waals surface area contributed by atoms with E-state index in [4.69, 9.17) is 21.1 Å². The molecule has 2 heterocycles. The smallest absolute Gasteiger partial charge is 0.247 e. The summed E-state index contributed by atoms with van der Waals surface area (Å²) >= 11 is 6.43. The fourth-order valence-corrected chi connectivity index (χ4v) is 4.44. The number of carbonyl (C=O) groups is 2. The summed E-state index contributed by atoms with van der Waals surface area (Å²) in [6.07, 6.45) is 6.00. The molecule has 208 valence electrons. The van der Waals surface area contributed by atoms with Crippen molar-refractivity contribution < 1.29 is 19.1 Å². The Morgan fingerprint density at radius 2 is 1.88 bits per heavy atom. The van der Waals surface area contributed by atoms with Crippen molar-refractivity contribution in [1.29, 1.82) is 0 Å². The van der Waals surface area contributed by atoms with E-state index in [9.17, 15) is 9.59 Å². The fraction of sp³-hybridized carbons (Fsp3) is 0.167. The van der Waals surface area contributed by atoms with E-state index >= 15 is 0 Å². The number of carbonyl (C=O) groups excluding carboxylic acids is 2. The van der Waals surface area contributed by atoms with Crippen LogP contribution in [0.1, 0.15) is 24.0 Å². The van der Waals surface area contributed by atoms with Gasteiger partial charge >= 0.3 is 0 Å². The van der Waals surface area contributed by atoms with Crippen LogP contribution in [0.4, 0.5) is 28.8 Å². The lowest BCUT2D eigenvalue weighted by Crippen LogP contribution is -2.10. The predicted octanol–water partition coefficient (Wildman–Crippen LogP) is 6.03. The zero-order chi connectivity index (χ0) is 28.9. The van der Waals surface area contributed by atoms with Crippen molar-refractivity contribution in [2.24, 2.45) is 5.92 Å². The van der Waals surface area contributed by atoms with Crippen molar-refractivity contribution in [2.75, 3.05) is 23.1 Å². The third-order valence-corrected chi connectivity index (χ3v) is 6.82. The SMILES string of the molecule is C=CC(=O)Nc1cc(Nc2ncc(Cl)c(Nc3ccccc3[C@@H]3C(=O)C3C)n2)c(OC)cc1OCc1cccnc1. The number of anilines is 5. The maximum atomic E-state index is 12.2. The molecule has 1 aliphatic carbocycles. The minimum Gasteiger partial charge on any atom is -0.494 e. The van der Waals surface area contributed by atoms with Crippen molar-refractivity contribution in [3.8, 4) is 11.5 Å². The molecule has 5 rings (SSSR count). The van der Waals surface area contributed by atoms with E-state index in [-0.39, 0.29) is 30.2 Å². The monoisotopic (exact) mass is 570 g/mol. The van der Waals surface area contributed by atoms with Gasteiger partial charge in [0.1, 0.15) is 28.9 Å². The van der Waals surface area contributed by atoms with E-state index in [1.807, 2.05) is 43.3 Å². The first-order chi connectivity index (χ1) is 19.9. The number of pyridine rings is 1.